The van der Waals surface area contributed by atoms with Crippen LogP contribution in [-0.4, -0.2) is 19.1 Å². The first-order chi connectivity index (χ1) is 9.58. The molecule has 0 radical (unpaired) electrons. The Balaban J connectivity index is 2.02. The minimum absolute atomic E-state index is 0.0597. The molecule has 0 aliphatic heterocycles. The molecule has 106 valence electrons. The summed E-state index contributed by atoms with van der Waals surface area (Å²) < 4.78 is 5.12. The van der Waals surface area contributed by atoms with E-state index in [0.29, 0.717) is 17.0 Å². The molecule has 0 saturated heterocycles. The molecule has 0 fully saturated rings. The molecular formula is C15H18N2O2S. The number of nitrogens with one attached hydrogen (secondary N) is 1. The number of anilines is 1. The third kappa shape index (κ3) is 3.74. The third-order valence-electron chi connectivity index (χ3n) is 2.93. The van der Waals surface area contributed by atoms with Gasteiger partial charge in [0.25, 0.3) is 5.91 Å². The van der Waals surface area contributed by atoms with Gasteiger partial charge in [0.15, 0.2) is 0 Å². The van der Waals surface area contributed by atoms with Crippen LogP contribution in [-0.2, 0) is 6.42 Å². The van der Waals surface area contributed by atoms with E-state index >= 15 is 0 Å². The van der Waals surface area contributed by atoms with Crippen LogP contribution in [0.4, 0.5) is 5.69 Å². The lowest BCUT2D eigenvalue weighted by Gasteiger charge is -2.14. The molecule has 0 aliphatic carbocycles. The number of rotatable bonds is 5. The number of carbonyl (C=O) groups is 1. The second kappa shape index (κ2) is 6.43. The molecule has 3 N–H and O–H groups in total. The Morgan fingerprint density at radius 3 is 2.90 bits per heavy atom. The normalized spacial score (nSPS) is 11.9. The average Bonchev–Trinajstić information content (AvgIpc) is 2.90. The summed E-state index contributed by atoms with van der Waals surface area (Å²) in [4.78, 5) is 12.2. The molecule has 0 aliphatic rings. The van der Waals surface area contributed by atoms with Gasteiger partial charge in [-0.05, 0) is 47.9 Å². The van der Waals surface area contributed by atoms with Crippen LogP contribution in [0.5, 0.6) is 5.75 Å². The fourth-order valence-corrected chi connectivity index (χ4v) is 2.67. The molecule has 1 aromatic carbocycles. The maximum absolute atomic E-state index is 12.2. The van der Waals surface area contributed by atoms with Crippen molar-refractivity contribution in [1.29, 1.82) is 0 Å². The number of carbonyl (C=O) groups excluding carboxylic acids is 1. The first-order valence-electron chi connectivity index (χ1n) is 6.35. The molecule has 2 rings (SSSR count). The van der Waals surface area contributed by atoms with E-state index in [2.05, 4.69) is 16.8 Å². The largest absolute Gasteiger partial charge is 0.497 e. The summed E-state index contributed by atoms with van der Waals surface area (Å²) in [6.07, 6.45) is 0.814. The van der Waals surface area contributed by atoms with Gasteiger partial charge in [0.2, 0.25) is 0 Å². The quantitative estimate of drug-likeness (QED) is 0.832. The summed E-state index contributed by atoms with van der Waals surface area (Å²) in [5.41, 5.74) is 8.01. The maximum Gasteiger partial charge on any atom is 0.251 e. The number of hydrogen-bond donors (Lipinski definition) is 2. The molecule has 2 aromatic rings. The summed E-state index contributed by atoms with van der Waals surface area (Å²) in [7, 11) is 1.55. The minimum atomic E-state index is -0.140. The lowest BCUT2D eigenvalue weighted by molar-refractivity contribution is 0.0940. The van der Waals surface area contributed by atoms with E-state index in [-0.39, 0.29) is 11.9 Å². The Morgan fingerprint density at radius 2 is 2.25 bits per heavy atom. The molecule has 1 unspecified atom stereocenters. The van der Waals surface area contributed by atoms with E-state index < -0.39 is 0 Å². The summed E-state index contributed by atoms with van der Waals surface area (Å²) in [5, 5.41) is 7.09. The fraction of sp³-hybridized carbons (Fsp3) is 0.267. The topological polar surface area (TPSA) is 64.3 Å². The number of methoxy groups -OCH3 is 1. The second-order valence-corrected chi connectivity index (χ2v) is 5.49. The lowest BCUT2D eigenvalue weighted by Crippen LogP contribution is -2.34. The number of amides is 1. The summed E-state index contributed by atoms with van der Waals surface area (Å²) in [5.74, 6) is 0.443. The van der Waals surface area contributed by atoms with Crippen molar-refractivity contribution in [3.63, 3.8) is 0 Å². The van der Waals surface area contributed by atoms with E-state index in [1.54, 1.807) is 36.6 Å². The number of hydrogen-bond acceptors (Lipinski definition) is 4. The number of nitrogens with two attached hydrogens (primary N) is 1. The van der Waals surface area contributed by atoms with Crippen LogP contribution >= 0.6 is 11.3 Å². The second-order valence-electron chi connectivity index (χ2n) is 4.71. The van der Waals surface area contributed by atoms with Gasteiger partial charge in [-0.15, -0.1) is 0 Å². The fourth-order valence-electron chi connectivity index (χ4n) is 1.99. The molecule has 0 bridgehead atoms. The minimum Gasteiger partial charge on any atom is -0.497 e. The van der Waals surface area contributed by atoms with Crippen molar-refractivity contribution in [2.45, 2.75) is 19.4 Å². The van der Waals surface area contributed by atoms with E-state index in [4.69, 9.17) is 10.5 Å². The molecule has 1 aromatic heterocycles. The van der Waals surface area contributed by atoms with Crippen molar-refractivity contribution < 1.29 is 9.53 Å². The highest BCUT2D eigenvalue weighted by Gasteiger charge is 2.12. The van der Waals surface area contributed by atoms with Gasteiger partial charge in [0.05, 0.1) is 7.11 Å². The van der Waals surface area contributed by atoms with Gasteiger partial charge >= 0.3 is 0 Å². The number of nitrogen functional groups attached to an aromatic ring is 1. The smallest absolute Gasteiger partial charge is 0.251 e. The Bertz CT molecular complexity index is 582. The number of thiophene rings is 1. The number of benzene rings is 1. The van der Waals surface area contributed by atoms with Crippen molar-refractivity contribution in [2.75, 3.05) is 12.8 Å². The van der Waals surface area contributed by atoms with Crippen LogP contribution < -0.4 is 15.8 Å². The van der Waals surface area contributed by atoms with Gasteiger partial charge in [-0.1, -0.05) is 0 Å². The Hall–Kier alpha value is -2.01. The van der Waals surface area contributed by atoms with Crippen LogP contribution in [0.1, 0.15) is 22.8 Å². The molecular weight excluding hydrogens is 272 g/mol. The zero-order chi connectivity index (χ0) is 14.5. The molecule has 1 heterocycles. The monoisotopic (exact) mass is 290 g/mol. The third-order valence-corrected chi connectivity index (χ3v) is 3.66. The zero-order valence-electron chi connectivity index (χ0n) is 11.6. The van der Waals surface area contributed by atoms with Crippen molar-refractivity contribution in [3.8, 4) is 5.75 Å². The van der Waals surface area contributed by atoms with E-state index in [1.807, 2.05) is 12.3 Å². The standard InChI is InChI=1S/C15H18N2O2S/c1-10(5-11-3-4-20-9-11)17-15(18)12-6-13(16)8-14(7-12)19-2/h3-4,6-10H,5,16H2,1-2H3,(H,17,18). The predicted octanol–water partition coefficient (Wildman–Crippen LogP) is 2.70. The average molecular weight is 290 g/mol. The molecule has 1 atom stereocenters. The first-order valence-corrected chi connectivity index (χ1v) is 7.29. The molecule has 5 heteroatoms. The van der Waals surface area contributed by atoms with Crippen molar-refractivity contribution in [3.05, 3.63) is 46.2 Å². The summed E-state index contributed by atoms with van der Waals surface area (Å²) in [6, 6.07) is 7.14. The SMILES string of the molecule is COc1cc(N)cc(C(=O)NC(C)Cc2ccsc2)c1. The highest BCUT2D eigenvalue weighted by molar-refractivity contribution is 7.07. The molecule has 1 amide bonds. The molecule has 0 spiro atoms. The Kier molecular flexibility index (Phi) is 4.63. The number of ether oxygens (including phenoxy) is 1. The van der Waals surface area contributed by atoms with Crippen LogP contribution in [0.3, 0.4) is 0 Å². The van der Waals surface area contributed by atoms with Gasteiger partial charge in [-0.25, -0.2) is 0 Å². The Morgan fingerprint density at radius 1 is 1.45 bits per heavy atom. The van der Waals surface area contributed by atoms with Crippen LogP contribution in [0.15, 0.2) is 35.0 Å². The Labute approximate surface area is 122 Å². The van der Waals surface area contributed by atoms with Crippen molar-refractivity contribution in [2.24, 2.45) is 0 Å². The summed E-state index contributed by atoms with van der Waals surface area (Å²) >= 11 is 1.66. The highest BCUT2D eigenvalue weighted by atomic mass is 32.1. The van der Waals surface area contributed by atoms with Gasteiger partial charge in [0.1, 0.15) is 5.75 Å². The van der Waals surface area contributed by atoms with Gasteiger partial charge in [-0.3, -0.25) is 4.79 Å². The predicted molar refractivity (Wildman–Crippen MR) is 82.4 cm³/mol. The highest BCUT2D eigenvalue weighted by Crippen LogP contribution is 2.18. The zero-order valence-corrected chi connectivity index (χ0v) is 12.4. The van der Waals surface area contributed by atoms with Gasteiger partial charge in [-0.2, -0.15) is 11.3 Å². The van der Waals surface area contributed by atoms with E-state index in [9.17, 15) is 4.79 Å². The lowest BCUT2D eigenvalue weighted by atomic mass is 10.1. The molecule has 4 nitrogen and oxygen atoms in total. The summed E-state index contributed by atoms with van der Waals surface area (Å²) in [6.45, 7) is 1.99. The first kappa shape index (κ1) is 14.4. The van der Waals surface area contributed by atoms with Gasteiger partial charge < -0.3 is 15.8 Å². The van der Waals surface area contributed by atoms with E-state index in [0.717, 1.165) is 6.42 Å². The van der Waals surface area contributed by atoms with Crippen LogP contribution in [0, 0.1) is 0 Å². The van der Waals surface area contributed by atoms with Crippen molar-refractivity contribution in [1.82, 2.24) is 5.32 Å². The molecule has 20 heavy (non-hydrogen) atoms. The van der Waals surface area contributed by atoms with Crippen LogP contribution in [0.2, 0.25) is 0 Å². The van der Waals surface area contributed by atoms with Gasteiger partial charge in [0, 0.05) is 23.4 Å². The maximum atomic E-state index is 12.2. The van der Waals surface area contributed by atoms with Crippen LogP contribution in [0.25, 0.3) is 0 Å². The molecule has 0 saturated carbocycles. The van der Waals surface area contributed by atoms with E-state index in [1.165, 1.54) is 5.56 Å². The van der Waals surface area contributed by atoms with Crippen molar-refractivity contribution >= 4 is 22.9 Å².